The normalized spacial score (nSPS) is 14.9. The van der Waals surface area contributed by atoms with E-state index in [4.69, 9.17) is 14.2 Å². The molecule has 0 saturated heterocycles. The first-order valence-corrected chi connectivity index (χ1v) is 5.38. The summed E-state index contributed by atoms with van der Waals surface area (Å²) >= 11 is 0. The van der Waals surface area contributed by atoms with Gasteiger partial charge in [-0.05, 0) is 32.0 Å². The van der Waals surface area contributed by atoms with Crippen LogP contribution < -0.4 is 19.5 Å². The van der Waals surface area contributed by atoms with E-state index in [0.29, 0.717) is 12.8 Å². The van der Waals surface area contributed by atoms with Crippen LogP contribution in [0.5, 0.6) is 17.2 Å². The number of ether oxygens (including phenoxy) is 3. The van der Waals surface area contributed by atoms with Gasteiger partial charge in [-0.15, -0.1) is 0 Å². The van der Waals surface area contributed by atoms with E-state index < -0.39 is 0 Å². The van der Waals surface area contributed by atoms with Crippen LogP contribution in [0.4, 0.5) is 0 Å². The minimum atomic E-state index is 0.295. The number of benzene rings is 1. The van der Waals surface area contributed by atoms with Gasteiger partial charge in [0.05, 0.1) is 7.11 Å². The van der Waals surface area contributed by atoms with Crippen molar-refractivity contribution in [1.29, 1.82) is 0 Å². The quantitative estimate of drug-likeness (QED) is 0.841. The average Bonchev–Trinajstić information content (AvgIpc) is 2.74. The molecule has 1 aromatic rings. The average molecular weight is 223 g/mol. The molecule has 1 aliphatic rings. The first kappa shape index (κ1) is 11.1. The molecule has 4 heteroatoms. The van der Waals surface area contributed by atoms with E-state index in [1.165, 1.54) is 0 Å². The maximum atomic E-state index is 5.36. The smallest absolute Gasteiger partial charge is 0.231 e. The Bertz CT molecular complexity index is 379. The van der Waals surface area contributed by atoms with Crippen LogP contribution in [0.1, 0.15) is 12.5 Å². The standard InChI is InChI=1S/C12H17NO3/c1-8(13-2)4-9-5-11-12(16-7-15-11)6-10(9)14-3/h5-6,8,13H,4,7H2,1-3H3. The van der Waals surface area contributed by atoms with Crippen LogP contribution in [-0.2, 0) is 6.42 Å². The van der Waals surface area contributed by atoms with E-state index in [1.54, 1.807) is 7.11 Å². The summed E-state index contributed by atoms with van der Waals surface area (Å²) in [5.41, 5.74) is 1.13. The van der Waals surface area contributed by atoms with Gasteiger partial charge in [0, 0.05) is 12.1 Å². The molecule has 88 valence electrons. The summed E-state index contributed by atoms with van der Waals surface area (Å²) in [5.74, 6) is 2.42. The lowest BCUT2D eigenvalue weighted by atomic mass is 10.1. The lowest BCUT2D eigenvalue weighted by Gasteiger charge is -2.14. The molecule has 0 saturated carbocycles. The van der Waals surface area contributed by atoms with Crippen LogP contribution in [0.2, 0.25) is 0 Å². The van der Waals surface area contributed by atoms with E-state index in [9.17, 15) is 0 Å². The summed E-state index contributed by atoms with van der Waals surface area (Å²) in [4.78, 5) is 0. The van der Waals surface area contributed by atoms with Crippen molar-refractivity contribution in [2.24, 2.45) is 0 Å². The molecule has 4 nitrogen and oxygen atoms in total. The van der Waals surface area contributed by atoms with E-state index >= 15 is 0 Å². The molecule has 2 rings (SSSR count). The highest BCUT2D eigenvalue weighted by Crippen LogP contribution is 2.38. The van der Waals surface area contributed by atoms with Crippen LogP contribution in [0, 0.1) is 0 Å². The summed E-state index contributed by atoms with van der Waals surface area (Å²) in [7, 11) is 3.62. The van der Waals surface area contributed by atoms with E-state index in [1.807, 2.05) is 19.2 Å². The van der Waals surface area contributed by atoms with E-state index in [0.717, 1.165) is 29.2 Å². The van der Waals surface area contributed by atoms with Crippen molar-refractivity contribution in [3.8, 4) is 17.2 Å². The first-order chi connectivity index (χ1) is 7.74. The van der Waals surface area contributed by atoms with Gasteiger partial charge in [-0.3, -0.25) is 0 Å². The highest BCUT2D eigenvalue weighted by atomic mass is 16.7. The monoisotopic (exact) mass is 223 g/mol. The molecule has 0 spiro atoms. The molecule has 1 unspecified atom stereocenters. The molecular weight excluding hydrogens is 206 g/mol. The second-order valence-electron chi connectivity index (χ2n) is 3.91. The van der Waals surface area contributed by atoms with Crippen molar-refractivity contribution in [2.45, 2.75) is 19.4 Å². The third-order valence-electron chi connectivity index (χ3n) is 2.79. The van der Waals surface area contributed by atoms with Gasteiger partial charge in [0.25, 0.3) is 0 Å². The Morgan fingerprint density at radius 2 is 2.06 bits per heavy atom. The van der Waals surface area contributed by atoms with E-state index in [-0.39, 0.29) is 0 Å². The van der Waals surface area contributed by atoms with Crippen LogP contribution >= 0.6 is 0 Å². The van der Waals surface area contributed by atoms with E-state index in [2.05, 4.69) is 12.2 Å². The predicted octanol–water partition coefficient (Wildman–Crippen LogP) is 1.57. The Hall–Kier alpha value is -1.42. The number of nitrogens with one attached hydrogen (secondary N) is 1. The van der Waals surface area contributed by atoms with Gasteiger partial charge in [-0.25, -0.2) is 0 Å². The van der Waals surface area contributed by atoms with Gasteiger partial charge < -0.3 is 19.5 Å². The molecule has 1 aromatic carbocycles. The van der Waals surface area contributed by atoms with Crippen LogP contribution in [-0.4, -0.2) is 27.0 Å². The van der Waals surface area contributed by atoms with Crippen molar-refractivity contribution in [3.63, 3.8) is 0 Å². The fourth-order valence-corrected chi connectivity index (χ4v) is 1.75. The molecule has 0 aromatic heterocycles. The minimum Gasteiger partial charge on any atom is -0.496 e. The zero-order valence-electron chi connectivity index (χ0n) is 9.87. The van der Waals surface area contributed by atoms with Crippen molar-refractivity contribution >= 4 is 0 Å². The Kier molecular flexibility index (Phi) is 3.19. The molecule has 1 aliphatic heterocycles. The van der Waals surface area contributed by atoms with Crippen molar-refractivity contribution in [3.05, 3.63) is 17.7 Å². The van der Waals surface area contributed by atoms with Gasteiger partial charge >= 0.3 is 0 Å². The third-order valence-corrected chi connectivity index (χ3v) is 2.79. The maximum absolute atomic E-state index is 5.36. The second-order valence-corrected chi connectivity index (χ2v) is 3.91. The molecular formula is C12H17NO3. The van der Waals surface area contributed by atoms with Crippen molar-refractivity contribution in [2.75, 3.05) is 21.0 Å². The highest BCUT2D eigenvalue weighted by Gasteiger charge is 2.18. The third kappa shape index (κ3) is 2.07. The molecule has 0 bridgehead atoms. The topological polar surface area (TPSA) is 39.7 Å². The summed E-state index contributed by atoms with van der Waals surface area (Å²) in [6.45, 7) is 2.42. The molecule has 1 heterocycles. The van der Waals surface area contributed by atoms with Gasteiger partial charge in [0.15, 0.2) is 11.5 Å². The van der Waals surface area contributed by atoms with Crippen LogP contribution in [0.3, 0.4) is 0 Å². The lowest BCUT2D eigenvalue weighted by Crippen LogP contribution is -2.23. The molecule has 1 N–H and O–H groups in total. The van der Waals surface area contributed by atoms with Gasteiger partial charge in [0.2, 0.25) is 6.79 Å². The predicted molar refractivity (Wildman–Crippen MR) is 61.3 cm³/mol. The number of hydrogen-bond acceptors (Lipinski definition) is 4. The Morgan fingerprint density at radius 1 is 1.38 bits per heavy atom. The lowest BCUT2D eigenvalue weighted by molar-refractivity contribution is 0.174. The fraction of sp³-hybridized carbons (Fsp3) is 0.500. The number of likely N-dealkylation sites (N-methyl/N-ethyl adjacent to an activating group) is 1. The van der Waals surface area contributed by atoms with Gasteiger partial charge in [-0.1, -0.05) is 0 Å². The number of fused-ring (bicyclic) bond motifs is 1. The SMILES string of the molecule is CNC(C)Cc1cc2c(cc1OC)OCO2. The number of hydrogen-bond donors (Lipinski definition) is 1. The molecule has 0 fully saturated rings. The Balaban J connectivity index is 2.28. The summed E-state index contributed by atoms with van der Waals surface area (Å²) in [5, 5.41) is 3.20. The Labute approximate surface area is 95.5 Å². The Morgan fingerprint density at radius 3 is 2.69 bits per heavy atom. The minimum absolute atomic E-state index is 0.295. The second kappa shape index (κ2) is 4.61. The van der Waals surface area contributed by atoms with Gasteiger partial charge in [0.1, 0.15) is 5.75 Å². The fourth-order valence-electron chi connectivity index (χ4n) is 1.75. The number of rotatable bonds is 4. The molecule has 0 radical (unpaired) electrons. The molecule has 1 atom stereocenters. The summed E-state index contributed by atoms with van der Waals surface area (Å²) < 4.78 is 16.0. The molecule has 16 heavy (non-hydrogen) atoms. The van der Waals surface area contributed by atoms with Crippen molar-refractivity contribution in [1.82, 2.24) is 5.32 Å². The van der Waals surface area contributed by atoms with Crippen LogP contribution in [0.25, 0.3) is 0 Å². The largest absolute Gasteiger partial charge is 0.496 e. The summed E-state index contributed by atoms with van der Waals surface area (Å²) in [6, 6.07) is 4.28. The van der Waals surface area contributed by atoms with Crippen molar-refractivity contribution < 1.29 is 14.2 Å². The summed E-state index contributed by atoms with van der Waals surface area (Å²) in [6.07, 6.45) is 0.899. The van der Waals surface area contributed by atoms with Crippen LogP contribution in [0.15, 0.2) is 12.1 Å². The first-order valence-electron chi connectivity index (χ1n) is 5.38. The highest BCUT2D eigenvalue weighted by molar-refractivity contribution is 5.52. The zero-order valence-corrected chi connectivity index (χ0v) is 9.87. The zero-order chi connectivity index (χ0) is 11.5. The molecule has 0 aliphatic carbocycles. The number of methoxy groups -OCH3 is 1. The van der Waals surface area contributed by atoms with Gasteiger partial charge in [-0.2, -0.15) is 0 Å². The molecule has 0 amide bonds. The maximum Gasteiger partial charge on any atom is 0.231 e.